The van der Waals surface area contributed by atoms with Crippen molar-refractivity contribution in [2.45, 2.75) is 13.0 Å². The second-order valence-corrected chi connectivity index (χ2v) is 3.28. The van der Waals surface area contributed by atoms with Crippen molar-refractivity contribution in [3.05, 3.63) is 39.9 Å². The van der Waals surface area contributed by atoms with Crippen molar-refractivity contribution in [3.8, 4) is 0 Å². The van der Waals surface area contributed by atoms with Crippen molar-refractivity contribution in [2.24, 2.45) is 5.73 Å². The zero-order valence-corrected chi connectivity index (χ0v) is 9.36. The summed E-state index contributed by atoms with van der Waals surface area (Å²) in [5.74, 6) is 0. The molecular formula is C10H10N2O6. The fraction of sp³-hybridized carbons (Fsp3) is 0.200. The minimum absolute atomic E-state index is 0.0781. The maximum Gasteiger partial charge on any atom is 0.518 e. The summed E-state index contributed by atoms with van der Waals surface area (Å²) < 4.78 is 8.69. The second kappa shape index (κ2) is 5.62. The molecule has 2 N–H and O–H groups in total. The quantitative estimate of drug-likeness (QED) is 0.380. The van der Waals surface area contributed by atoms with Gasteiger partial charge in [0.1, 0.15) is 6.10 Å². The van der Waals surface area contributed by atoms with Crippen LogP contribution in [-0.2, 0) is 9.47 Å². The molecule has 0 aromatic heterocycles. The average molecular weight is 254 g/mol. The van der Waals surface area contributed by atoms with E-state index in [1.54, 1.807) is 0 Å². The molecule has 0 radical (unpaired) electrons. The van der Waals surface area contributed by atoms with Crippen LogP contribution in [-0.4, -0.2) is 17.2 Å². The van der Waals surface area contributed by atoms with Gasteiger partial charge in [0, 0.05) is 12.1 Å². The maximum atomic E-state index is 11.0. The molecule has 96 valence electrons. The SMILES string of the molecule is CC(OC(=O)OC(N)=O)c1ccc([N+](=O)[O-])cc1. The molecule has 1 amide bonds. The Morgan fingerprint density at radius 2 is 1.89 bits per heavy atom. The molecule has 8 heteroatoms. The lowest BCUT2D eigenvalue weighted by Gasteiger charge is -2.11. The van der Waals surface area contributed by atoms with Crippen LogP contribution >= 0.6 is 0 Å². The molecule has 1 rings (SSSR count). The number of carbonyl (C=O) groups is 2. The lowest BCUT2D eigenvalue weighted by atomic mass is 10.1. The third-order valence-corrected chi connectivity index (χ3v) is 2.03. The first-order valence-electron chi connectivity index (χ1n) is 4.82. The molecule has 0 aliphatic rings. The predicted octanol–water partition coefficient (Wildman–Crippen LogP) is 1.89. The topological polar surface area (TPSA) is 122 Å². The number of primary amides is 1. The Bertz CT molecular complexity index is 470. The summed E-state index contributed by atoms with van der Waals surface area (Å²) in [5, 5.41) is 10.4. The standard InChI is InChI=1S/C10H10N2O6/c1-6(17-10(14)18-9(11)13)7-2-4-8(5-3-7)12(15)16/h2-6H,1H3,(H2,11,13). The third-order valence-electron chi connectivity index (χ3n) is 2.03. The first-order valence-corrected chi connectivity index (χ1v) is 4.82. The number of hydrogen-bond donors (Lipinski definition) is 1. The number of amides is 1. The molecule has 0 aliphatic carbocycles. The van der Waals surface area contributed by atoms with Crippen LogP contribution in [0.15, 0.2) is 24.3 Å². The van der Waals surface area contributed by atoms with E-state index in [0.29, 0.717) is 5.56 Å². The van der Waals surface area contributed by atoms with Crippen molar-refractivity contribution in [1.29, 1.82) is 0 Å². The first kappa shape index (κ1) is 13.4. The van der Waals surface area contributed by atoms with Crippen LogP contribution in [0.3, 0.4) is 0 Å². The second-order valence-electron chi connectivity index (χ2n) is 3.28. The lowest BCUT2D eigenvalue weighted by Crippen LogP contribution is -2.20. The Hall–Kier alpha value is -2.64. The summed E-state index contributed by atoms with van der Waals surface area (Å²) in [4.78, 5) is 31.1. The van der Waals surface area contributed by atoms with Gasteiger partial charge in [-0.3, -0.25) is 10.1 Å². The fourth-order valence-corrected chi connectivity index (χ4v) is 1.19. The summed E-state index contributed by atoms with van der Waals surface area (Å²) in [6.45, 7) is 1.52. The summed E-state index contributed by atoms with van der Waals surface area (Å²) >= 11 is 0. The molecule has 0 saturated heterocycles. The Labute approximate surface area is 101 Å². The summed E-state index contributed by atoms with van der Waals surface area (Å²) in [7, 11) is 0. The van der Waals surface area contributed by atoms with E-state index in [9.17, 15) is 19.7 Å². The average Bonchev–Trinajstić information content (AvgIpc) is 2.27. The number of rotatable bonds is 3. The monoisotopic (exact) mass is 254 g/mol. The van der Waals surface area contributed by atoms with Crippen LogP contribution in [0.5, 0.6) is 0 Å². The van der Waals surface area contributed by atoms with Crippen molar-refractivity contribution >= 4 is 17.9 Å². The van der Waals surface area contributed by atoms with E-state index in [1.165, 1.54) is 31.2 Å². The van der Waals surface area contributed by atoms with Crippen molar-refractivity contribution in [3.63, 3.8) is 0 Å². The van der Waals surface area contributed by atoms with Crippen LogP contribution in [0.25, 0.3) is 0 Å². The summed E-state index contributed by atoms with van der Waals surface area (Å²) in [6.07, 6.45) is -3.22. The van der Waals surface area contributed by atoms with Gasteiger partial charge in [0.15, 0.2) is 0 Å². The number of nitrogens with two attached hydrogens (primary N) is 1. The van der Waals surface area contributed by atoms with Crippen LogP contribution in [0.4, 0.5) is 15.3 Å². The third kappa shape index (κ3) is 3.74. The molecular weight excluding hydrogens is 244 g/mol. The zero-order chi connectivity index (χ0) is 13.7. The number of nitro groups is 1. The number of nitrogens with zero attached hydrogens (tertiary/aromatic N) is 1. The van der Waals surface area contributed by atoms with Crippen molar-refractivity contribution in [1.82, 2.24) is 0 Å². The summed E-state index contributed by atoms with van der Waals surface area (Å²) in [6, 6.07) is 5.41. The molecule has 1 aromatic rings. The van der Waals surface area contributed by atoms with Gasteiger partial charge in [0.25, 0.3) is 5.69 Å². The molecule has 8 nitrogen and oxygen atoms in total. The van der Waals surface area contributed by atoms with E-state index in [0.717, 1.165) is 0 Å². The van der Waals surface area contributed by atoms with E-state index in [1.807, 2.05) is 0 Å². The van der Waals surface area contributed by atoms with Crippen LogP contribution in [0.1, 0.15) is 18.6 Å². The normalized spacial score (nSPS) is 11.4. The number of hydrogen-bond acceptors (Lipinski definition) is 6. The Morgan fingerprint density at radius 3 is 2.33 bits per heavy atom. The molecule has 0 fully saturated rings. The number of benzene rings is 1. The largest absolute Gasteiger partial charge is 0.518 e. The Morgan fingerprint density at radius 1 is 1.33 bits per heavy atom. The molecule has 18 heavy (non-hydrogen) atoms. The molecule has 0 aliphatic heterocycles. The predicted molar refractivity (Wildman–Crippen MR) is 58.7 cm³/mol. The molecule has 1 atom stereocenters. The first-order chi connectivity index (χ1) is 8.40. The molecule has 0 heterocycles. The minimum Gasteiger partial charge on any atom is -0.426 e. The molecule has 1 aromatic carbocycles. The van der Waals surface area contributed by atoms with Gasteiger partial charge < -0.3 is 15.2 Å². The highest BCUT2D eigenvalue weighted by atomic mass is 16.7. The Balaban J connectivity index is 2.66. The van der Waals surface area contributed by atoms with Gasteiger partial charge in [-0.15, -0.1) is 0 Å². The number of non-ortho nitro benzene ring substituents is 1. The van der Waals surface area contributed by atoms with E-state index < -0.39 is 23.3 Å². The smallest absolute Gasteiger partial charge is 0.426 e. The van der Waals surface area contributed by atoms with Crippen LogP contribution < -0.4 is 5.73 Å². The molecule has 1 unspecified atom stereocenters. The maximum absolute atomic E-state index is 11.0. The van der Waals surface area contributed by atoms with Gasteiger partial charge in [-0.1, -0.05) is 0 Å². The fourth-order valence-electron chi connectivity index (χ4n) is 1.19. The number of nitro benzene ring substituents is 1. The van der Waals surface area contributed by atoms with Gasteiger partial charge in [-0.25, -0.2) is 9.59 Å². The molecule has 0 bridgehead atoms. The van der Waals surface area contributed by atoms with Crippen molar-refractivity contribution < 1.29 is 24.0 Å². The Kier molecular flexibility index (Phi) is 4.19. The number of carbonyl (C=O) groups excluding carboxylic acids is 2. The van der Waals surface area contributed by atoms with Gasteiger partial charge in [-0.05, 0) is 24.6 Å². The van der Waals surface area contributed by atoms with E-state index in [2.05, 4.69) is 10.5 Å². The van der Waals surface area contributed by atoms with E-state index in [4.69, 9.17) is 4.74 Å². The lowest BCUT2D eigenvalue weighted by molar-refractivity contribution is -0.384. The van der Waals surface area contributed by atoms with Gasteiger partial charge in [-0.2, -0.15) is 0 Å². The van der Waals surface area contributed by atoms with Gasteiger partial charge >= 0.3 is 12.2 Å². The molecule has 0 saturated carbocycles. The highest BCUT2D eigenvalue weighted by Crippen LogP contribution is 2.20. The van der Waals surface area contributed by atoms with E-state index in [-0.39, 0.29) is 5.69 Å². The van der Waals surface area contributed by atoms with E-state index >= 15 is 0 Å². The van der Waals surface area contributed by atoms with Crippen LogP contribution in [0, 0.1) is 10.1 Å². The molecule has 0 spiro atoms. The van der Waals surface area contributed by atoms with Gasteiger partial charge in [0.2, 0.25) is 0 Å². The highest BCUT2D eigenvalue weighted by Gasteiger charge is 2.15. The number of ether oxygens (including phenoxy) is 2. The van der Waals surface area contributed by atoms with Crippen molar-refractivity contribution in [2.75, 3.05) is 0 Å². The zero-order valence-electron chi connectivity index (χ0n) is 9.36. The highest BCUT2D eigenvalue weighted by molar-refractivity contribution is 5.79. The summed E-state index contributed by atoms with van der Waals surface area (Å²) in [5.41, 5.74) is 5.06. The van der Waals surface area contributed by atoms with Gasteiger partial charge in [0.05, 0.1) is 4.92 Å². The van der Waals surface area contributed by atoms with Crippen LogP contribution in [0.2, 0.25) is 0 Å². The minimum atomic E-state index is -1.27.